The first kappa shape index (κ1) is 22.0. The average molecular weight is 421 g/mol. The fraction of sp³-hybridized carbons (Fsp3) is 0.538. The molecule has 2 aliphatic rings. The molecule has 1 aromatic heterocycles. The summed E-state index contributed by atoms with van der Waals surface area (Å²) in [6, 6.07) is 15.4. The van der Waals surface area contributed by atoms with Crippen LogP contribution in [0.25, 0.3) is 0 Å². The van der Waals surface area contributed by atoms with E-state index in [4.69, 9.17) is 0 Å². The SMILES string of the molecule is Cc1ccnc(CNC(=O)C2CCCN(C3CCN(CCc4ccccc4)CC3)C2)c1. The van der Waals surface area contributed by atoms with Gasteiger partial charge in [0.15, 0.2) is 0 Å². The molecule has 5 heteroatoms. The number of amides is 1. The maximum Gasteiger partial charge on any atom is 0.224 e. The molecule has 5 nitrogen and oxygen atoms in total. The molecule has 0 bridgehead atoms. The monoisotopic (exact) mass is 420 g/mol. The van der Waals surface area contributed by atoms with E-state index in [0.717, 1.165) is 44.6 Å². The predicted molar refractivity (Wildman–Crippen MR) is 125 cm³/mol. The quantitative estimate of drug-likeness (QED) is 0.746. The molecule has 4 rings (SSSR count). The van der Waals surface area contributed by atoms with Crippen LogP contribution in [0.1, 0.15) is 42.5 Å². The summed E-state index contributed by atoms with van der Waals surface area (Å²) in [6.45, 7) is 8.11. The zero-order valence-corrected chi connectivity index (χ0v) is 18.8. The summed E-state index contributed by atoms with van der Waals surface area (Å²) in [7, 11) is 0. The van der Waals surface area contributed by atoms with Crippen molar-refractivity contribution >= 4 is 5.91 Å². The van der Waals surface area contributed by atoms with E-state index in [9.17, 15) is 4.79 Å². The summed E-state index contributed by atoms with van der Waals surface area (Å²) in [6.07, 6.45) is 7.50. The van der Waals surface area contributed by atoms with Crippen molar-refractivity contribution in [3.05, 3.63) is 65.5 Å². The molecule has 31 heavy (non-hydrogen) atoms. The van der Waals surface area contributed by atoms with Crippen molar-refractivity contribution in [2.75, 3.05) is 32.7 Å². The molecular weight excluding hydrogens is 384 g/mol. The van der Waals surface area contributed by atoms with Crippen molar-refractivity contribution in [1.82, 2.24) is 20.1 Å². The van der Waals surface area contributed by atoms with Crippen LogP contribution in [-0.4, -0.2) is 59.5 Å². The Hall–Kier alpha value is -2.24. The molecule has 2 aromatic rings. The second-order valence-electron chi connectivity index (χ2n) is 9.18. The summed E-state index contributed by atoms with van der Waals surface area (Å²) in [5.41, 5.74) is 3.54. The van der Waals surface area contributed by atoms with E-state index in [1.807, 2.05) is 18.3 Å². The van der Waals surface area contributed by atoms with Gasteiger partial charge < -0.3 is 10.2 Å². The third kappa shape index (κ3) is 6.37. The summed E-state index contributed by atoms with van der Waals surface area (Å²) in [5.74, 6) is 0.294. The molecule has 1 N–H and O–H groups in total. The minimum Gasteiger partial charge on any atom is -0.350 e. The molecule has 0 saturated carbocycles. The zero-order valence-electron chi connectivity index (χ0n) is 18.8. The normalized spacial score (nSPS) is 21.1. The van der Waals surface area contributed by atoms with Gasteiger partial charge in [-0.3, -0.25) is 14.7 Å². The molecule has 2 aliphatic heterocycles. The van der Waals surface area contributed by atoms with Gasteiger partial charge in [0.25, 0.3) is 0 Å². The highest BCUT2D eigenvalue weighted by Crippen LogP contribution is 2.24. The standard InChI is InChI=1S/C26H36N4O/c1-21-9-13-27-24(18-21)19-28-26(31)23-8-5-14-30(20-23)25-11-16-29(17-12-25)15-10-22-6-3-2-4-7-22/h2-4,6-7,9,13,18,23,25H,5,8,10-12,14-17,19-20H2,1H3,(H,28,31). The summed E-state index contributed by atoms with van der Waals surface area (Å²) in [5, 5.41) is 3.12. The van der Waals surface area contributed by atoms with E-state index in [1.165, 1.54) is 37.1 Å². The minimum atomic E-state index is 0.106. The van der Waals surface area contributed by atoms with Crippen molar-refractivity contribution in [3.8, 4) is 0 Å². The lowest BCUT2D eigenvalue weighted by molar-refractivity contribution is -0.127. The van der Waals surface area contributed by atoms with Gasteiger partial charge in [-0.15, -0.1) is 0 Å². The van der Waals surface area contributed by atoms with Crippen molar-refractivity contribution < 1.29 is 4.79 Å². The van der Waals surface area contributed by atoms with Gasteiger partial charge in [-0.2, -0.15) is 0 Å². The van der Waals surface area contributed by atoms with E-state index in [0.29, 0.717) is 12.6 Å². The summed E-state index contributed by atoms with van der Waals surface area (Å²) < 4.78 is 0. The number of aromatic nitrogens is 1. The lowest BCUT2D eigenvalue weighted by atomic mass is 9.93. The molecule has 1 atom stereocenters. The highest BCUT2D eigenvalue weighted by Gasteiger charge is 2.31. The number of hydrogen-bond acceptors (Lipinski definition) is 4. The number of piperidine rings is 2. The molecule has 1 aromatic carbocycles. The lowest BCUT2D eigenvalue weighted by Crippen LogP contribution is -2.50. The lowest BCUT2D eigenvalue weighted by Gasteiger charge is -2.42. The summed E-state index contributed by atoms with van der Waals surface area (Å²) in [4.78, 5) is 22.3. The molecule has 1 unspecified atom stereocenters. The Kier molecular flexibility index (Phi) is 7.71. The fourth-order valence-electron chi connectivity index (χ4n) is 5.01. The van der Waals surface area contributed by atoms with Crippen LogP contribution in [0, 0.1) is 12.8 Å². The predicted octanol–water partition coefficient (Wildman–Crippen LogP) is 3.43. The van der Waals surface area contributed by atoms with Gasteiger partial charge in [0, 0.05) is 25.3 Å². The highest BCUT2D eigenvalue weighted by molar-refractivity contribution is 5.78. The van der Waals surface area contributed by atoms with Crippen molar-refractivity contribution in [2.24, 2.45) is 5.92 Å². The van der Waals surface area contributed by atoms with Crippen LogP contribution in [0.5, 0.6) is 0 Å². The summed E-state index contributed by atoms with van der Waals surface area (Å²) >= 11 is 0. The Morgan fingerprint density at radius 3 is 2.68 bits per heavy atom. The molecule has 0 aliphatic carbocycles. The minimum absolute atomic E-state index is 0.106. The van der Waals surface area contributed by atoms with Crippen LogP contribution in [0.3, 0.4) is 0 Å². The Labute approximate surface area is 186 Å². The third-order valence-electron chi connectivity index (χ3n) is 6.87. The van der Waals surface area contributed by atoms with Gasteiger partial charge in [-0.25, -0.2) is 0 Å². The molecule has 2 saturated heterocycles. The first-order valence-corrected chi connectivity index (χ1v) is 11.9. The number of nitrogens with one attached hydrogen (secondary N) is 1. The third-order valence-corrected chi connectivity index (χ3v) is 6.87. The van der Waals surface area contributed by atoms with Crippen molar-refractivity contribution in [3.63, 3.8) is 0 Å². The first-order chi connectivity index (χ1) is 15.2. The van der Waals surface area contributed by atoms with Crippen LogP contribution in [0.2, 0.25) is 0 Å². The van der Waals surface area contributed by atoms with E-state index in [2.05, 4.69) is 57.4 Å². The van der Waals surface area contributed by atoms with Crippen LogP contribution in [0.15, 0.2) is 48.7 Å². The maximum atomic E-state index is 12.8. The number of carbonyl (C=O) groups excluding carboxylic acids is 1. The number of pyridine rings is 1. The Morgan fingerprint density at radius 1 is 1.10 bits per heavy atom. The van der Waals surface area contributed by atoms with Gasteiger partial charge in [-0.1, -0.05) is 30.3 Å². The average Bonchev–Trinajstić information content (AvgIpc) is 2.82. The number of carbonyl (C=O) groups is 1. The zero-order chi connectivity index (χ0) is 21.5. The van der Waals surface area contributed by atoms with Gasteiger partial charge >= 0.3 is 0 Å². The van der Waals surface area contributed by atoms with Gasteiger partial charge in [-0.05, 0) is 81.9 Å². The smallest absolute Gasteiger partial charge is 0.224 e. The Bertz CT molecular complexity index is 832. The molecule has 166 valence electrons. The molecular formula is C26H36N4O. The Morgan fingerprint density at radius 2 is 1.90 bits per heavy atom. The number of aryl methyl sites for hydroxylation is 1. The highest BCUT2D eigenvalue weighted by atomic mass is 16.1. The number of nitrogens with zero attached hydrogens (tertiary/aromatic N) is 3. The second kappa shape index (κ2) is 10.9. The molecule has 1 amide bonds. The molecule has 3 heterocycles. The van der Waals surface area contributed by atoms with E-state index < -0.39 is 0 Å². The van der Waals surface area contributed by atoms with Crippen LogP contribution in [-0.2, 0) is 17.8 Å². The largest absolute Gasteiger partial charge is 0.350 e. The van der Waals surface area contributed by atoms with Gasteiger partial charge in [0.05, 0.1) is 18.2 Å². The van der Waals surface area contributed by atoms with Crippen LogP contribution >= 0.6 is 0 Å². The number of hydrogen-bond donors (Lipinski definition) is 1. The van der Waals surface area contributed by atoms with Crippen molar-refractivity contribution in [2.45, 2.75) is 51.6 Å². The molecule has 0 spiro atoms. The van der Waals surface area contributed by atoms with Crippen LogP contribution < -0.4 is 5.32 Å². The number of benzene rings is 1. The molecule has 2 fully saturated rings. The first-order valence-electron chi connectivity index (χ1n) is 11.9. The number of rotatable bonds is 7. The Balaban J connectivity index is 1.20. The molecule has 0 radical (unpaired) electrons. The maximum absolute atomic E-state index is 12.8. The van der Waals surface area contributed by atoms with Gasteiger partial charge in [0.1, 0.15) is 0 Å². The van der Waals surface area contributed by atoms with Crippen LogP contribution in [0.4, 0.5) is 0 Å². The van der Waals surface area contributed by atoms with Gasteiger partial charge in [0.2, 0.25) is 5.91 Å². The topological polar surface area (TPSA) is 48.5 Å². The van der Waals surface area contributed by atoms with E-state index in [1.54, 1.807) is 0 Å². The van der Waals surface area contributed by atoms with E-state index >= 15 is 0 Å². The van der Waals surface area contributed by atoms with E-state index in [-0.39, 0.29) is 11.8 Å². The fourth-order valence-corrected chi connectivity index (χ4v) is 5.01. The van der Waals surface area contributed by atoms with Crippen molar-refractivity contribution in [1.29, 1.82) is 0 Å². The second-order valence-corrected chi connectivity index (χ2v) is 9.18. The number of likely N-dealkylation sites (tertiary alicyclic amines) is 2.